The van der Waals surface area contributed by atoms with Crippen molar-refractivity contribution >= 4 is 16.8 Å². The average Bonchev–Trinajstić information content (AvgIpc) is 3.43. The Morgan fingerprint density at radius 2 is 1.89 bits per heavy atom. The van der Waals surface area contributed by atoms with Crippen LogP contribution >= 0.6 is 0 Å². The summed E-state index contributed by atoms with van der Waals surface area (Å²) in [7, 11) is 1.85. The number of fused-ring (bicyclic) bond motifs is 1. The lowest BCUT2D eigenvalue weighted by molar-refractivity contribution is 0.0453. The zero-order chi connectivity index (χ0) is 18.5. The molecular weight excluding hydrogens is 342 g/mol. The zero-order valence-electron chi connectivity index (χ0n) is 15.2. The molecule has 2 aromatic heterocycles. The largest absolute Gasteiger partial charge is 0.336 e. The lowest BCUT2D eigenvalue weighted by Crippen LogP contribution is -2.52. The van der Waals surface area contributed by atoms with Crippen LogP contribution in [0.4, 0.5) is 0 Å². The smallest absolute Gasteiger partial charge is 0.275 e. The fraction of sp³-hybridized carbons (Fsp3) is 0.400. The molecule has 0 spiro atoms. The van der Waals surface area contributed by atoms with Crippen molar-refractivity contribution < 1.29 is 4.79 Å². The van der Waals surface area contributed by atoms with Crippen molar-refractivity contribution in [1.82, 2.24) is 24.5 Å². The summed E-state index contributed by atoms with van der Waals surface area (Å²) in [6.45, 7) is 1.82. The standard InChI is InChI=1S/C20H21N5O2/c1-23-17-5-3-2-4-15(17)19(22-23)20(27)24-10-13(11-24)12-25-18(26)9-8-16(21-25)14-6-7-14/h2-5,8-9,13-14H,6-7,10-12H2,1H3. The fourth-order valence-electron chi connectivity index (χ4n) is 3.81. The van der Waals surface area contributed by atoms with Crippen LogP contribution in [0.1, 0.15) is 34.9 Å². The van der Waals surface area contributed by atoms with Gasteiger partial charge in [0.15, 0.2) is 5.69 Å². The molecule has 0 radical (unpaired) electrons. The van der Waals surface area contributed by atoms with E-state index in [9.17, 15) is 9.59 Å². The number of aryl methyl sites for hydroxylation is 1. The minimum absolute atomic E-state index is 0.0462. The molecule has 1 aromatic carbocycles. The fourth-order valence-corrected chi connectivity index (χ4v) is 3.81. The minimum atomic E-state index is -0.0695. The van der Waals surface area contributed by atoms with Gasteiger partial charge < -0.3 is 4.90 Å². The molecule has 5 rings (SSSR count). The number of para-hydroxylation sites is 1. The Bertz CT molecular complexity index is 1090. The highest BCUT2D eigenvalue weighted by Crippen LogP contribution is 2.38. The predicted molar refractivity (Wildman–Crippen MR) is 101 cm³/mol. The van der Waals surface area contributed by atoms with Crippen molar-refractivity contribution in [2.75, 3.05) is 13.1 Å². The molecule has 0 N–H and O–H groups in total. The molecule has 1 amide bonds. The molecule has 0 unspecified atom stereocenters. The monoisotopic (exact) mass is 363 g/mol. The van der Waals surface area contributed by atoms with Crippen molar-refractivity contribution in [3.05, 3.63) is 58.1 Å². The highest BCUT2D eigenvalue weighted by Gasteiger charge is 2.34. The van der Waals surface area contributed by atoms with E-state index in [1.807, 2.05) is 37.4 Å². The van der Waals surface area contributed by atoms with Crippen LogP contribution in [0.15, 0.2) is 41.2 Å². The molecule has 2 fully saturated rings. The molecule has 7 heteroatoms. The van der Waals surface area contributed by atoms with Gasteiger partial charge in [0, 0.05) is 43.4 Å². The summed E-state index contributed by atoms with van der Waals surface area (Å²) in [5, 5.41) is 9.80. The Labute approximate surface area is 156 Å². The molecule has 27 heavy (non-hydrogen) atoms. The summed E-state index contributed by atoms with van der Waals surface area (Å²) in [6.07, 6.45) is 2.32. The van der Waals surface area contributed by atoms with Gasteiger partial charge in [-0.1, -0.05) is 18.2 Å². The van der Waals surface area contributed by atoms with Crippen LogP contribution in [0.2, 0.25) is 0 Å². The number of likely N-dealkylation sites (tertiary alicyclic amines) is 1. The number of hydrogen-bond acceptors (Lipinski definition) is 4. The average molecular weight is 363 g/mol. The molecule has 3 aromatic rings. The highest BCUT2D eigenvalue weighted by molar-refractivity contribution is 6.05. The topological polar surface area (TPSA) is 73.0 Å². The van der Waals surface area contributed by atoms with Gasteiger partial charge in [0.1, 0.15) is 0 Å². The van der Waals surface area contributed by atoms with Gasteiger partial charge in [0.2, 0.25) is 0 Å². The number of carbonyl (C=O) groups is 1. The van der Waals surface area contributed by atoms with E-state index in [1.54, 1.807) is 20.3 Å². The van der Waals surface area contributed by atoms with Crippen molar-refractivity contribution in [2.45, 2.75) is 25.3 Å². The second-order valence-corrected chi connectivity index (χ2v) is 7.62. The Hall–Kier alpha value is -2.96. The third-order valence-corrected chi connectivity index (χ3v) is 5.52. The van der Waals surface area contributed by atoms with Crippen LogP contribution in [0.25, 0.3) is 10.9 Å². The van der Waals surface area contributed by atoms with Crippen LogP contribution in [0, 0.1) is 5.92 Å². The van der Waals surface area contributed by atoms with E-state index in [-0.39, 0.29) is 17.4 Å². The third kappa shape index (κ3) is 2.83. The van der Waals surface area contributed by atoms with Gasteiger partial charge in [0.05, 0.1) is 17.8 Å². The lowest BCUT2D eigenvalue weighted by atomic mass is 9.99. The summed E-state index contributed by atoms with van der Waals surface area (Å²) < 4.78 is 3.31. The first-order valence-electron chi connectivity index (χ1n) is 9.39. The van der Waals surface area contributed by atoms with E-state index in [0.29, 0.717) is 31.2 Å². The van der Waals surface area contributed by atoms with E-state index in [0.717, 1.165) is 29.4 Å². The van der Waals surface area contributed by atoms with E-state index in [4.69, 9.17) is 0 Å². The van der Waals surface area contributed by atoms with Crippen molar-refractivity contribution in [3.8, 4) is 0 Å². The molecule has 0 atom stereocenters. The van der Waals surface area contributed by atoms with E-state index in [1.165, 1.54) is 0 Å². The molecule has 2 aliphatic rings. The summed E-state index contributed by atoms with van der Waals surface area (Å²) in [5.41, 5.74) is 2.39. The SMILES string of the molecule is Cn1nc(C(=O)N2CC(Cn3nc(C4CC4)ccc3=O)C2)c2ccccc21. The molecule has 1 saturated heterocycles. The van der Waals surface area contributed by atoms with Crippen molar-refractivity contribution in [3.63, 3.8) is 0 Å². The zero-order valence-corrected chi connectivity index (χ0v) is 15.2. The maximum atomic E-state index is 12.8. The Balaban J connectivity index is 1.29. The van der Waals surface area contributed by atoms with Crippen LogP contribution < -0.4 is 5.56 Å². The first-order chi connectivity index (χ1) is 13.1. The maximum Gasteiger partial charge on any atom is 0.275 e. The molecule has 138 valence electrons. The molecule has 0 bridgehead atoms. The van der Waals surface area contributed by atoms with E-state index < -0.39 is 0 Å². The first kappa shape index (κ1) is 16.2. The van der Waals surface area contributed by atoms with Gasteiger partial charge >= 0.3 is 0 Å². The molecule has 7 nitrogen and oxygen atoms in total. The minimum Gasteiger partial charge on any atom is -0.336 e. The number of nitrogens with zero attached hydrogens (tertiary/aromatic N) is 5. The summed E-state index contributed by atoms with van der Waals surface area (Å²) in [6, 6.07) is 11.2. The Kier molecular flexibility index (Phi) is 3.63. The van der Waals surface area contributed by atoms with Gasteiger partial charge in [-0.3, -0.25) is 14.3 Å². The second kappa shape index (κ2) is 6.04. The highest BCUT2D eigenvalue weighted by atomic mass is 16.2. The van der Waals surface area contributed by atoms with Gasteiger partial charge in [-0.05, 0) is 25.0 Å². The van der Waals surface area contributed by atoms with Gasteiger partial charge in [-0.25, -0.2) is 4.68 Å². The number of rotatable bonds is 4. The molecular formula is C20H21N5O2. The van der Waals surface area contributed by atoms with Crippen LogP contribution in [-0.2, 0) is 13.6 Å². The van der Waals surface area contributed by atoms with E-state index >= 15 is 0 Å². The number of hydrogen-bond donors (Lipinski definition) is 0. The second-order valence-electron chi connectivity index (χ2n) is 7.62. The summed E-state index contributed by atoms with van der Waals surface area (Å²) >= 11 is 0. The first-order valence-corrected chi connectivity index (χ1v) is 9.39. The Morgan fingerprint density at radius 3 is 2.67 bits per heavy atom. The van der Waals surface area contributed by atoms with Gasteiger partial charge in [0.25, 0.3) is 11.5 Å². The number of amides is 1. The number of benzene rings is 1. The normalized spacial score (nSPS) is 17.3. The predicted octanol–water partition coefficient (Wildman–Crippen LogP) is 1.78. The molecule has 1 aliphatic carbocycles. The number of carbonyl (C=O) groups excluding carboxylic acids is 1. The van der Waals surface area contributed by atoms with E-state index in [2.05, 4.69) is 10.2 Å². The molecule has 1 saturated carbocycles. The van der Waals surface area contributed by atoms with Crippen molar-refractivity contribution in [2.24, 2.45) is 13.0 Å². The van der Waals surface area contributed by atoms with Gasteiger partial charge in [-0.15, -0.1) is 0 Å². The third-order valence-electron chi connectivity index (χ3n) is 5.52. The maximum absolute atomic E-state index is 12.8. The van der Waals surface area contributed by atoms with Gasteiger partial charge in [-0.2, -0.15) is 10.2 Å². The summed E-state index contributed by atoms with van der Waals surface area (Å²) in [4.78, 5) is 26.7. The van der Waals surface area contributed by atoms with Crippen LogP contribution in [0.5, 0.6) is 0 Å². The van der Waals surface area contributed by atoms with Crippen LogP contribution in [-0.4, -0.2) is 43.5 Å². The van der Waals surface area contributed by atoms with Crippen LogP contribution in [0.3, 0.4) is 0 Å². The summed E-state index contributed by atoms with van der Waals surface area (Å²) in [5.74, 6) is 0.729. The quantitative estimate of drug-likeness (QED) is 0.708. The molecule has 3 heterocycles. The van der Waals surface area contributed by atoms with Crippen molar-refractivity contribution in [1.29, 1.82) is 0 Å². The Morgan fingerprint density at radius 1 is 1.11 bits per heavy atom. The lowest BCUT2D eigenvalue weighted by Gasteiger charge is -2.38. The number of aromatic nitrogens is 4. The molecule has 1 aliphatic heterocycles.